The van der Waals surface area contributed by atoms with Crippen molar-refractivity contribution < 1.29 is 9.53 Å². The maximum atomic E-state index is 11.0. The highest BCUT2D eigenvalue weighted by molar-refractivity contribution is 5.74. The first-order valence-corrected chi connectivity index (χ1v) is 7.22. The molecule has 20 heavy (non-hydrogen) atoms. The van der Waals surface area contributed by atoms with Gasteiger partial charge in [-0.1, -0.05) is 12.1 Å². The number of carbonyl (C=O) groups is 1. The molecule has 4 nitrogen and oxygen atoms in total. The predicted octanol–water partition coefficient (Wildman–Crippen LogP) is 2.09. The molecule has 0 spiro atoms. The van der Waals surface area contributed by atoms with Crippen molar-refractivity contribution in [2.75, 3.05) is 20.2 Å². The van der Waals surface area contributed by atoms with E-state index in [9.17, 15) is 4.79 Å². The van der Waals surface area contributed by atoms with Crippen molar-refractivity contribution in [3.63, 3.8) is 0 Å². The number of hydrogen-bond acceptors (Lipinski definition) is 3. The van der Waals surface area contributed by atoms with Gasteiger partial charge < -0.3 is 10.5 Å². The smallest absolute Gasteiger partial charge is 0.217 e. The molecular weight excluding hydrogens is 252 g/mol. The summed E-state index contributed by atoms with van der Waals surface area (Å²) in [6, 6.07) is 6.35. The first kappa shape index (κ1) is 14.9. The summed E-state index contributed by atoms with van der Waals surface area (Å²) < 4.78 is 5.37. The summed E-state index contributed by atoms with van der Waals surface area (Å²) in [4.78, 5) is 13.4. The second-order valence-corrected chi connectivity index (χ2v) is 5.72. The van der Waals surface area contributed by atoms with Gasteiger partial charge in [0.05, 0.1) is 7.11 Å². The highest BCUT2D eigenvalue weighted by Crippen LogP contribution is 2.23. The molecule has 0 radical (unpaired) electrons. The fraction of sp³-hybridized carbons (Fsp3) is 0.562. The Kier molecular flexibility index (Phi) is 5.01. The molecule has 4 heteroatoms. The van der Waals surface area contributed by atoms with Crippen LogP contribution in [-0.2, 0) is 11.3 Å². The zero-order valence-electron chi connectivity index (χ0n) is 12.4. The van der Waals surface area contributed by atoms with Crippen LogP contribution in [0.3, 0.4) is 0 Å². The lowest BCUT2D eigenvalue weighted by atomic mass is 9.94. The molecule has 0 aromatic heterocycles. The van der Waals surface area contributed by atoms with E-state index >= 15 is 0 Å². The third-order valence-electron chi connectivity index (χ3n) is 3.97. The lowest BCUT2D eigenvalue weighted by molar-refractivity contribution is -0.119. The van der Waals surface area contributed by atoms with Crippen LogP contribution in [0, 0.1) is 12.8 Å². The lowest BCUT2D eigenvalue weighted by Crippen LogP contribution is -2.36. The van der Waals surface area contributed by atoms with Crippen molar-refractivity contribution in [1.82, 2.24) is 4.90 Å². The number of primary amides is 1. The van der Waals surface area contributed by atoms with Crippen molar-refractivity contribution in [3.8, 4) is 5.75 Å². The zero-order chi connectivity index (χ0) is 14.5. The van der Waals surface area contributed by atoms with Crippen molar-refractivity contribution >= 4 is 5.91 Å². The fourth-order valence-electron chi connectivity index (χ4n) is 2.97. The van der Waals surface area contributed by atoms with Gasteiger partial charge in [0.1, 0.15) is 5.75 Å². The molecule has 1 heterocycles. The normalized spacial score (nSPS) is 19.8. The second kappa shape index (κ2) is 6.75. The van der Waals surface area contributed by atoms with E-state index < -0.39 is 0 Å². The summed E-state index contributed by atoms with van der Waals surface area (Å²) in [7, 11) is 1.70. The minimum absolute atomic E-state index is 0.186. The second-order valence-electron chi connectivity index (χ2n) is 5.72. The van der Waals surface area contributed by atoms with Crippen molar-refractivity contribution in [1.29, 1.82) is 0 Å². The summed E-state index contributed by atoms with van der Waals surface area (Å²) in [5, 5.41) is 0. The summed E-state index contributed by atoms with van der Waals surface area (Å²) >= 11 is 0. The molecule has 1 aromatic rings. The number of likely N-dealkylation sites (tertiary alicyclic amines) is 1. The molecule has 110 valence electrons. The molecule has 0 bridgehead atoms. The van der Waals surface area contributed by atoms with Gasteiger partial charge in [0.25, 0.3) is 0 Å². The van der Waals surface area contributed by atoms with Gasteiger partial charge in [0.2, 0.25) is 5.91 Å². The average Bonchev–Trinajstić information content (AvgIpc) is 2.40. The van der Waals surface area contributed by atoms with Gasteiger partial charge >= 0.3 is 0 Å². The van der Waals surface area contributed by atoms with Gasteiger partial charge in [-0.3, -0.25) is 9.69 Å². The number of nitrogens with two attached hydrogens (primary N) is 1. The van der Waals surface area contributed by atoms with Gasteiger partial charge in [0.15, 0.2) is 0 Å². The molecule has 2 rings (SSSR count). The first-order valence-electron chi connectivity index (χ1n) is 7.22. The van der Waals surface area contributed by atoms with Crippen LogP contribution < -0.4 is 10.5 Å². The van der Waals surface area contributed by atoms with Crippen LogP contribution in [-0.4, -0.2) is 31.0 Å². The number of nitrogens with zero attached hydrogens (tertiary/aromatic N) is 1. The molecule has 0 saturated carbocycles. The quantitative estimate of drug-likeness (QED) is 0.896. The number of aryl methyl sites for hydroxylation is 1. The molecule has 0 unspecified atom stereocenters. The molecular formula is C16H24N2O2. The van der Waals surface area contributed by atoms with E-state index in [1.54, 1.807) is 7.11 Å². The minimum atomic E-state index is -0.186. The number of hydrogen-bond donors (Lipinski definition) is 1. The summed E-state index contributed by atoms with van der Waals surface area (Å²) in [6.45, 7) is 5.00. The average molecular weight is 276 g/mol. The van der Waals surface area contributed by atoms with Crippen LogP contribution in [0.25, 0.3) is 0 Å². The van der Waals surface area contributed by atoms with E-state index in [0.717, 1.165) is 43.8 Å². The van der Waals surface area contributed by atoms with E-state index in [0.29, 0.717) is 12.3 Å². The molecule has 1 aromatic carbocycles. The topological polar surface area (TPSA) is 55.6 Å². The molecule has 1 fully saturated rings. The fourth-order valence-corrected chi connectivity index (χ4v) is 2.97. The van der Waals surface area contributed by atoms with Crippen LogP contribution in [0.2, 0.25) is 0 Å². The van der Waals surface area contributed by atoms with Crippen molar-refractivity contribution in [3.05, 3.63) is 29.3 Å². The van der Waals surface area contributed by atoms with Gasteiger partial charge in [-0.05, 0) is 49.4 Å². The Hall–Kier alpha value is -1.55. The summed E-state index contributed by atoms with van der Waals surface area (Å²) in [6.07, 6.45) is 2.76. The summed E-state index contributed by atoms with van der Waals surface area (Å²) in [5.74, 6) is 1.16. The van der Waals surface area contributed by atoms with Gasteiger partial charge in [0, 0.05) is 19.5 Å². The number of rotatable bonds is 5. The summed E-state index contributed by atoms with van der Waals surface area (Å²) in [5.41, 5.74) is 7.71. The van der Waals surface area contributed by atoms with Crippen LogP contribution in [0.1, 0.15) is 30.4 Å². The van der Waals surface area contributed by atoms with E-state index in [2.05, 4.69) is 23.1 Å². The van der Waals surface area contributed by atoms with Gasteiger partial charge in [-0.25, -0.2) is 0 Å². The molecule has 1 amide bonds. The molecule has 0 aliphatic carbocycles. The third-order valence-corrected chi connectivity index (χ3v) is 3.97. The maximum absolute atomic E-state index is 11.0. The van der Waals surface area contributed by atoms with E-state index in [-0.39, 0.29) is 5.91 Å². The highest BCUT2D eigenvalue weighted by Gasteiger charge is 2.21. The zero-order valence-corrected chi connectivity index (χ0v) is 12.4. The Morgan fingerprint density at radius 2 is 2.30 bits per heavy atom. The molecule has 2 N–H and O–H groups in total. The van der Waals surface area contributed by atoms with Gasteiger partial charge in [-0.2, -0.15) is 0 Å². The van der Waals surface area contributed by atoms with Crippen LogP contribution in [0.4, 0.5) is 0 Å². The molecule has 1 aliphatic rings. The monoisotopic (exact) mass is 276 g/mol. The maximum Gasteiger partial charge on any atom is 0.217 e. The Labute approximate surface area is 120 Å². The Morgan fingerprint density at radius 3 is 3.00 bits per heavy atom. The number of methoxy groups -OCH3 is 1. The predicted molar refractivity (Wildman–Crippen MR) is 79.5 cm³/mol. The number of benzene rings is 1. The van der Waals surface area contributed by atoms with E-state index in [1.807, 2.05) is 6.92 Å². The molecule has 1 aliphatic heterocycles. The number of carbonyl (C=O) groups excluding carboxylic acids is 1. The molecule has 1 saturated heterocycles. The van der Waals surface area contributed by atoms with Crippen molar-refractivity contribution in [2.24, 2.45) is 11.7 Å². The van der Waals surface area contributed by atoms with Crippen molar-refractivity contribution in [2.45, 2.75) is 32.7 Å². The van der Waals surface area contributed by atoms with Crippen LogP contribution in [0.5, 0.6) is 5.75 Å². The Balaban J connectivity index is 1.97. The van der Waals surface area contributed by atoms with Gasteiger partial charge in [-0.15, -0.1) is 0 Å². The standard InChI is InChI=1S/C16H24N2O2/c1-12-5-6-14(8-15(12)20-2)11-18-7-3-4-13(10-18)9-16(17)19/h5-6,8,13H,3-4,7,9-11H2,1-2H3,(H2,17,19)/t13-/m0/s1. The van der Waals surface area contributed by atoms with E-state index in [1.165, 1.54) is 5.56 Å². The third kappa shape index (κ3) is 3.97. The highest BCUT2D eigenvalue weighted by atomic mass is 16.5. The largest absolute Gasteiger partial charge is 0.496 e. The van der Waals surface area contributed by atoms with Crippen LogP contribution in [0.15, 0.2) is 18.2 Å². The lowest BCUT2D eigenvalue weighted by Gasteiger charge is -2.32. The Morgan fingerprint density at radius 1 is 1.50 bits per heavy atom. The first-order chi connectivity index (χ1) is 9.58. The van der Waals surface area contributed by atoms with E-state index in [4.69, 9.17) is 10.5 Å². The SMILES string of the molecule is COc1cc(CN2CCC[C@@H](CC(N)=O)C2)ccc1C. The minimum Gasteiger partial charge on any atom is -0.496 e. The number of piperidine rings is 1. The number of amides is 1. The Bertz CT molecular complexity index is 474. The number of ether oxygens (including phenoxy) is 1. The molecule has 1 atom stereocenters. The van der Waals surface area contributed by atoms with Crippen LogP contribution >= 0.6 is 0 Å².